The summed E-state index contributed by atoms with van der Waals surface area (Å²) in [5, 5.41) is 0. The molecule has 6 nitrogen and oxygen atoms in total. The van der Waals surface area contributed by atoms with Gasteiger partial charge in [0.05, 0.1) is 6.54 Å². The fourth-order valence-electron chi connectivity index (χ4n) is 2.56. The number of rotatable bonds is 2. The summed E-state index contributed by atoms with van der Waals surface area (Å²) in [7, 11) is 1.59. The zero-order valence-electron chi connectivity index (χ0n) is 12.6. The third kappa shape index (κ3) is 2.23. The lowest BCUT2D eigenvalue weighted by Crippen LogP contribution is -2.29. The van der Waals surface area contributed by atoms with Crippen molar-refractivity contribution in [1.82, 2.24) is 19.1 Å². The molecular formula is C15H16N4O2S. The first-order chi connectivity index (χ1) is 10.4. The van der Waals surface area contributed by atoms with Gasteiger partial charge >= 0.3 is 5.69 Å². The molecule has 0 radical (unpaired) electrons. The van der Waals surface area contributed by atoms with Gasteiger partial charge < -0.3 is 9.55 Å². The molecule has 3 aromatic rings. The molecule has 1 aromatic carbocycles. The predicted molar refractivity (Wildman–Crippen MR) is 88.0 cm³/mol. The van der Waals surface area contributed by atoms with E-state index >= 15 is 0 Å². The molecule has 0 saturated carbocycles. The topological polar surface area (TPSA) is 75.6 Å². The van der Waals surface area contributed by atoms with Gasteiger partial charge in [0, 0.05) is 7.05 Å². The second kappa shape index (κ2) is 5.10. The highest BCUT2D eigenvalue weighted by atomic mass is 32.1. The number of nitrogens with one attached hydrogen (secondary N) is 2. The number of aryl methyl sites for hydroxylation is 3. The first kappa shape index (κ1) is 14.5. The van der Waals surface area contributed by atoms with E-state index in [-0.39, 0.29) is 0 Å². The second-order valence-corrected chi connectivity index (χ2v) is 5.85. The van der Waals surface area contributed by atoms with E-state index in [0.717, 1.165) is 16.7 Å². The number of aromatic nitrogens is 4. The van der Waals surface area contributed by atoms with Crippen LogP contribution in [0.3, 0.4) is 0 Å². The number of fused-ring (bicyclic) bond motifs is 1. The van der Waals surface area contributed by atoms with Gasteiger partial charge in [-0.25, -0.2) is 4.79 Å². The Morgan fingerprint density at radius 1 is 1.18 bits per heavy atom. The van der Waals surface area contributed by atoms with E-state index in [2.05, 4.69) is 16.0 Å². The van der Waals surface area contributed by atoms with Gasteiger partial charge in [0.1, 0.15) is 5.65 Å². The summed E-state index contributed by atoms with van der Waals surface area (Å²) in [4.78, 5) is 29.1. The van der Waals surface area contributed by atoms with Gasteiger partial charge in [-0.05, 0) is 37.2 Å². The molecule has 0 amide bonds. The number of benzene rings is 1. The quantitative estimate of drug-likeness (QED) is 0.707. The smallest absolute Gasteiger partial charge is 0.316 e. The number of hydrogen-bond donors (Lipinski definition) is 2. The van der Waals surface area contributed by atoms with Gasteiger partial charge in [0.2, 0.25) is 0 Å². The number of hydrogen-bond acceptors (Lipinski definition) is 3. The molecule has 22 heavy (non-hydrogen) atoms. The zero-order valence-corrected chi connectivity index (χ0v) is 13.4. The van der Waals surface area contributed by atoms with Gasteiger partial charge in [-0.3, -0.25) is 14.3 Å². The van der Waals surface area contributed by atoms with Crippen molar-refractivity contribution in [2.45, 2.75) is 20.4 Å². The van der Waals surface area contributed by atoms with Crippen LogP contribution >= 0.6 is 12.2 Å². The molecule has 0 aliphatic rings. The van der Waals surface area contributed by atoms with Crippen LogP contribution in [0.5, 0.6) is 0 Å². The molecule has 114 valence electrons. The van der Waals surface area contributed by atoms with E-state index in [1.165, 1.54) is 4.57 Å². The maximum atomic E-state index is 12.2. The molecule has 2 aromatic heterocycles. The number of H-pyrrole nitrogens is 2. The second-order valence-electron chi connectivity index (χ2n) is 5.46. The van der Waals surface area contributed by atoms with Gasteiger partial charge in [-0.1, -0.05) is 23.8 Å². The Morgan fingerprint density at radius 3 is 2.64 bits per heavy atom. The molecule has 0 unspecified atom stereocenters. The fraction of sp³-hybridized carbons (Fsp3) is 0.267. The minimum absolute atomic E-state index is 0.382. The Balaban J connectivity index is 2.28. The number of nitrogens with zero attached hydrogens (tertiary/aromatic N) is 2. The molecule has 0 aliphatic carbocycles. The van der Waals surface area contributed by atoms with Crippen LogP contribution in [-0.4, -0.2) is 19.1 Å². The average molecular weight is 316 g/mol. The van der Waals surface area contributed by atoms with Crippen LogP contribution in [0.15, 0.2) is 27.8 Å². The predicted octanol–water partition coefficient (Wildman–Crippen LogP) is 1.75. The first-order valence-corrected chi connectivity index (χ1v) is 7.27. The van der Waals surface area contributed by atoms with Gasteiger partial charge in [0.15, 0.2) is 10.3 Å². The molecule has 0 bridgehead atoms. The van der Waals surface area contributed by atoms with E-state index in [1.807, 2.05) is 26.0 Å². The Labute approximate surface area is 131 Å². The van der Waals surface area contributed by atoms with E-state index in [4.69, 9.17) is 12.2 Å². The van der Waals surface area contributed by atoms with Crippen molar-refractivity contribution in [3.05, 3.63) is 60.5 Å². The Hall–Kier alpha value is -2.41. The Bertz CT molecular complexity index is 1050. The van der Waals surface area contributed by atoms with Crippen molar-refractivity contribution in [1.29, 1.82) is 0 Å². The third-order valence-corrected chi connectivity index (χ3v) is 4.20. The van der Waals surface area contributed by atoms with E-state index < -0.39 is 11.2 Å². The standard InChI is InChI=1S/C15H16N4O2S/c1-8-4-5-9(2)10(6-8)7-19-11-12(16-15(19)22)18(3)14(21)17-13(11)20/h4-6H,7H2,1-3H3,(H,16,22)(H,17,20,21). The number of aromatic amines is 2. The minimum atomic E-state index is -0.465. The van der Waals surface area contributed by atoms with Crippen molar-refractivity contribution < 1.29 is 0 Å². The summed E-state index contributed by atoms with van der Waals surface area (Å²) in [6.07, 6.45) is 0. The lowest BCUT2D eigenvalue weighted by atomic mass is 10.1. The van der Waals surface area contributed by atoms with Crippen molar-refractivity contribution in [2.75, 3.05) is 0 Å². The molecule has 2 heterocycles. The SMILES string of the molecule is Cc1ccc(C)c(Cn2c(=S)[nH]c3c2c(=O)[nH]c(=O)n3C)c1. The van der Waals surface area contributed by atoms with Crippen LogP contribution in [0.4, 0.5) is 0 Å². The van der Waals surface area contributed by atoms with Crippen LogP contribution in [-0.2, 0) is 13.6 Å². The molecular weight excluding hydrogens is 300 g/mol. The van der Waals surface area contributed by atoms with Crippen LogP contribution in [0.25, 0.3) is 11.2 Å². The summed E-state index contributed by atoms with van der Waals surface area (Å²) in [6, 6.07) is 6.17. The maximum Gasteiger partial charge on any atom is 0.329 e. The molecule has 7 heteroatoms. The van der Waals surface area contributed by atoms with Crippen LogP contribution in [0, 0.1) is 18.6 Å². The van der Waals surface area contributed by atoms with E-state index in [1.54, 1.807) is 11.6 Å². The third-order valence-electron chi connectivity index (χ3n) is 3.87. The highest BCUT2D eigenvalue weighted by Crippen LogP contribution is 2.15. The lowest BCUT2D eigenvalue weighted by molar-refractivity contribution is 0.793. The van der Waals surface area contributed by atoms with Crippen LogP contribution < -0.4 is 11.2 Å². The Morgan fingerprint density at radius 2 is 1.91 bits per heavy atom. The molecule has 2 N–H and O–H groups in total. The summed E-state index contributed by atoms with van der Waals surface area (Å²) >= 11 is 5.33. The lowest BCUT2D eigenvalue weighted by Gasteiger charge is -2.09. The van der Waals surface area contributed by atoms with Crippen molar-refractivity contribution in [2.24, 2.45) is 7.05 Å². The average Bonchev–Trinajstić information content (AvgIpc) is 2.78. The maximum absolute atomic E-state index is 12.2. The molecule has 0 saturated heterocycles. The normalized spacial score (nSPS) is 11.2. The van der Waals surface area contributed by atoms with Gasteiger partial charge in [-0.15, -0.1) is 0 Å². The monoisotopic (exact) mass is 316 g/mol. The van der Waals surface area contributed by atoms with Gasteiger partial charge in [0.25, 0.3) is 5.56 Å². The molecule has 0 aliphatic heterocycles. The van der Waals surface area contributed by atoms with E-state index in [9.17, 15) is 9.59 Å². The summed E-state index contributed by atoms with van der Waals surface area (Å²) in [5.41, 5.74) is 3.28. The number of imidazole rings is 1. The first-order valence-electron chi connectivity index (χ1n) is 6.86. The summed E-state index contributed by atoms with van der Waals surface area (Å²) in [5.74, 6) is 0. The van der Waals surface area contributed by atoms with Crippen molar-refractivity contribution in [3.8, 4) is 0 Å². The van der Waals surface area contributed by atoms with Crippen LogP contribution in [0.1, 0.15) is 16.7 Å². The zero-order chi connectivity index (χ0) is 16.0. The highest BCUT2D eigenvalue weighted by molar-refractivity contribution is 7.71. The highest BCUT2D eigenvalue weighted by Gasteiger charge is 2.13. The van der Waals surface area contributed by atoms with E-state index in [0.29, 0.717) is 22.5 Å². The molecule has 0 fully saturated rings. The summed E-state index contributed by atoms with van der Waals surface area (Å²) in [6.45, 7) is 4.52. The van der Waals surface area contributed by atoms with Crippen LogP contribution in [0.2, 0.25) is 0 Å². The molecule has 0 spiro atoms. The van der Waals surface area contributed by atoms with Crippen molar-refractivity contribution >= 4 is 23.4 Å². The fourth-order valence-corrected chi connectivity index (χ4v) is 2.82. The van der Waals surface area contributed by atoms with Crippen molar-refractivity contribution in [3.63, 3.8) is 0 Å². The Kier molecular flexibility index (Phi) is 3.37. The molecule has 0 atom stereocenters. The largest absolute Gasteiger partial charge is 0.329 e. The summed E-state index contributed by atoms with van der Waals surface area (Å²) < 4.78 is 3.50. The minimum Gasteiger partial charge on any atom is -0.316 e. The van der Waals surface area contributed by atoms with Gasteiger partial charge in [-0.2, -0.15) is 0 Å². The molecule has 3 rings (SSSR count).